The van der Waals surface area contributed by atoms with Crippen molar-refractivity contribution >= 4 is 17.3 Å². The maximum absolute atomic E-state index is 8.87. The molecule has 3 rings (SSSR count). The van der Waals surface area contributed by atoms with Crippen molar-refractivity contribution in [3.8, 4) is 6.07 Å². The van der Waals surface area contributed by atoms with Crippen LogP contribution >= 0.6 is 12.2 Å². The summed E-state index contributed by atoms with van der Waals surface area (Å²) < 4.78 is 0. The number of nitrogens with zero attached hydrogens (tertiary/aromatic N) is 3. The first-order valence-corrected chi connectivity index (χ1v) is 8.16. The highest BCUT2D eigenvalue weighted by molar-refractivity contribution is 7.80. The highest BCUT2D eigenvalue weighted by atomic mass is 32.1. The molecule has 1 aromatic heterocycles. The van der Waals surface area contributed by atoms with E-state index in [1.165, 1.54) is 12.8 Å². The summed E-state index contributed by atoms with van der Waals surface area (Å²) in [5, 5.41) is 13.1. The van der Waals surface area contributed by atoms with E-state index in [1.807, 2.05) is 18.3 Å². The number of rotatable bonds is 5. The summed E-state index contributed by atoms with van der Waals surface area (Å²) in [6.45, 7) is 1.34. The Balaban J connectivity index is 1.62. The molecular formula is C17H20N4S. The Morgan fingerprint density at radius 2 is 2.36 bits per heavy atom. The molecule has 1 heterocycles. The lowest BCUT2D eigenvalue weighted by molar-refractivity contribution is 0.395. The van der Waals surface area contributed by atoms with Crippen molar-refractivity contribution in [1.82, 2.24) is 15.2 Å². The fraction of sp³-hybridized carbons (Fsp3) is 0.471. The van der Waals surface area contributed by atoms with Crippen molar-refractivity contribution in [1.29, 1.82) is 5.26 Å². The number of fused-ring (bicyclic) bond motifs is 2. The van der Waals surface area contributed by atoms with Gasteiger partial charge in [-0.2, -0.15) is 5.26 Å². The number of nitrogens with one attached hydrogen (secondary N) is 1. The van der Waals surface area contributed by atoms with Crippen LogP contribution in [-0.4, -0.2) is 27.6 Å². The predicted octanol–water partition coefficient (Wildman–Crippen LogP) is 2.64. The van der Waals surface area contributed by atoms with Gasteiger partial charge in [-0.3, -0.25) is 4.98 Å². The lowest BCUT2D eigenvalue weighted by atomic mass is 10.0. The third-order valence-corrected chi connectivity index (χ3v) is 4.84. The first kappa shape index (κ1) is 15.0. The molecule has 1 N–H and O–H groups in total. The Morgan fingerprint density at radius 3 is 3.00 bits per heavy atom. The van der Waals surface area contributed by atoms with Crippen molar-refractivity contribution in [2.24, 2.45) is 11.8 Å². The predicted molar refractivity (Wildman–Crippen MR) is 89.8 cm³/mol. The summed E-state index contributed by atoms with van der Waals surface area (Å²) in [7, 11) is 0. The van der Waals surface area contributed by atoms with Crippen molar-refractivity contribution in [2.75, 3.05) is 6.54 Å². The van der Waals surface area contributed by atoms with Crippen LogP contribution in [0, 0.1) is 23.2 Å². The monoisotopic (exact) mass is 312 g/mol. The van der Waals surface area contributed by atoms with Gasteiger partial charge in [0.2, 0.25) is 0 Å². The topological polar surface area (TPSA) is 52.0 Å². The fourth-order valence-electron chi connectivity index (χ4n) is 3.35. The highest BCUT2D eigenvalue weighted by Crippen LogP contribution is 2.39. The normalized spacial score (nSPS) is 25.0. The Kier molecular flexibility index (Phi) is 4.69. The summed E-state index contributed by atoms with van der Waals surface area (Å²) in [5.74, 6) is 1.33. The number of nitriles is 1. The van der Waals surface area contributed by atoms with E-state index in [0.717, 1.165) is 16.6 Å². The Hall–Kier alpha value is -1.93. The van der Waals surface area contributed by atoms with Crippen LogP contribution in [0.4, 0.5) is 0 Å². The van der Waals surface area contributed by atoms with Gasteiger partial charge in [0.05, 0.1) is 12.5 Å². The van der Waals surface area contributed by atoms with Gasteiger partial charge >= 0.3 is 0 Å². The lowest BCUT2D eigenvalue weighted by Gasteiger charge is -2.29. The molecule has 4 nitrogen and oxygen atoms in total. The zero-order chi connectivity index (χ0) is 15.4. The first-order valence-electron chi connectivity index (χ1n) is 7.76. The van der Waals surface area contributed by atoms with E-state index in [0.29, 0.717) is 31.5 Å². The molecule has 0 unspecified atom stereocenters. The van der Waals surface area contributed by atoms with Crippen LogP contribution in [0.2, 0.25) is 0 Å². The van der Waals surface area contributed by atoms with Gasteiger partial charge in [0.25, 0.3) is 0 Å². The molecule has 0 aliphatic heterocycles. The quantitative estimate of drug-likeness (QED) is 0.669. The molecule has 1 aromatic rings. The molecule has 1 fully saturated rings. The van der Waals surface area contributed by atoms with Crippen molar-refractivity contribution < 1.29 is 0 Å². The minimum Gasteiger partial charge on any atom is -0.359 e. The molecule has 0 aromatic carbocycles. The molecular weight excluding hydrogens is 292 g/mol. The van der Waals surface area contributed by atoms with E-state index < -0.39 is 0 Å². The first-order chi connectivity index (χ1) is 10.8. The molecule has 2 bridgehead atoms. The standard InChI is InChI=1S/C17H20N4S/c18-6-2-8-21(12-14-3-1-7-19-11-14)17(22)20-16-10-13-4-5-15(16)9-13/h1,3-5,7,11,13,15-16H,2,8-10,12H2,(H,20,22)/t13-,15+,16+/m0/s1. The van der Waals surface area contributed by atoms with E-state index >= 15 is 0 Å². The molecule has 0 spiro atoms. The number of aromatic nitrogens is 1. The average Bonchev–Trinajstić information content (AvgIpc) is 3.15. The summed E-state index contributed by atoms with van der Waals surface area (Å²) >= 11 is 5.60. The summed E-state index contributed by atoms with van der Waals surface area (Å²) in [5.41, 5.74) is 1.11. The van der Waals surface area contributed by atoms with Crippen LogP contribution in [0.1, 0.15) is 24.8 Å². The summed E-state index contributed by atoms with van der Waals surface area (Å²) in [6.07, 6.45) is 11.1. The van der Waals surface area contributed by atoms with Gasteiger partial charge in [0, 0.05) is 31.5 Å². The van der Waals surface area contributed by atoms with Crippen LogP contribution in [-0.2, 0) is 6.54 Å². The fourth-order valence-corrected chi connectivity index (χ4v) is 3.65. The SMILES string of the molecule is N#CCCN(Cc1cccnc1)C(=S)N[C@@H]1C[C@H]2C=C[C@@H]1C2. The minimum absolute atomic E-state index is 0.445. The van der Waals surface area contributed by atoms with Gasteiger partial charge in [-0.05, 0) is 48.5 Å². The maximum Gasteiger partial charge on any atom is 0.169 e. The van der Waals surface area contributed by atoms with Gasteiger partial charge in [-0.15, -0.1) is 0 Å². The zero-order valence-corrected chi connectivity index (χ0v) is 13.3. The molecule has 5 heteroatoms. The number of hydrogen-bond acceptors (Lipinski definition) is 3. The maximum atomic E-state index is 8.87. The molecule has 0 amide bonds. The molecule has 2 aliphatic carbocycles. The molecule has 2 aliphatic rings. The van der Waals surface area contributed by atoms with Crippen LogP contribution < -0.4 is 5.32 Å². The van der Waals surface area contributed by atoms with E-state index in [2.05, 4.69) is 33.4 Å². The third kappa shape index (κ3) is 3.45. The minimum atomic E-state index is 0.445. The summed E-state index contributed by atoms with van der Waals surface area (Å²) in [4.78, 5) is 6.22. The molecule has 22 heavy (non-hydrogen) atoms. The largest absolute Gasteiger partial charge is 0.359 e. The van der Waals surface area contributed by atoms with E-state index in [-0.39, 0.29) is 0 Å². The zero-order valence-electron chi connectivity index (χ0n) is 12.5. The third-order valence-electron chi connectivity index (χ3n) is 4.46. The molecule has 1 saturated carbocycles. The molecule has 0 radical (unpaired) electrons. The second-order valence-corrected chi connectivity index (χ2v) is 6.41. The van der Waals surface area contributed by atoms with Gasteiger partial charge in [-0.1, -0.05) is 18.2 Å². The van der Waals surface area contributed by atoms with Crippen LogP contribution in [0.5, 0.6) is 0 Å². The van der Waals surface area contributed by atoms with Gasteiger partial charge in [0.15, 0.2) is 5.11 Å². The van der Waals surface area contributed by atoms with Crippen molar-refractivity contribution in [3.05, 3.63) is 42.2 Å². The van der Waals surface area contributed by atoms with Gasteiger partial charge in [0.1, 0.15) is 0 Å². The van der Waals surface area contributed by atoms with Crippen molar-refractivity contribution in [3.63, 3.8) is 0 Å². The smallest absolute Gasteiger partial charge is 0.169 e. The number of thiocarbonyl (C=S) groups is 1. The Labute approximate surface area is 136 Å². The second-order valence-electron chi connectivity index (χ2n) is 6.03. The number of allylic oxidation sites excluding steroid dienone is 1. The van der Waals surface area contributed by atoms with E-state index in [4.69, 9.17) is 17.5 Å². The van der Waals surface area contributed by atoms with E-state index in [1.54, 1.807) is 6.20 Å². The highest BCUT2D eigenvalue weighted by Gasteiger charge is 2.36. The number of pyridine rings is 1. The Bertz CT molecular complexity index is 592. The second kappa shape index (κ2) is 6.89. The summed E-state index contributed by atoms with van der Waals surface area (Å²) in [6, 6.07) is 6.61. The van der Waals surface area contributed by atoms with Crippen LogP contribution in [0.15, 0.2) is 36.7 Å². The average molecular weight is 312 g/mol. The molecule has 114 valence electrons. The van der Waals surface area contributed by atoms with Crippen molar-refractivity contribution in [2.45, 2.75) is 31.8 Å². The Morgan fingerprint density at radius 1 is 1.45 bits per heavy atom. The van der Waals surface area contributed by atoms with Gasteiger partial charge in [-0.25, -0.2) is 0 Å². The van der Waals surface area contributed by atoms with Crippen LogP contribution in [0.3, 0.4) is 0 Å². The molecule has 0 saturated heterocycles. The van der Waals surface area contributed by atoms with E-state index in [9.17, 15) is 0 Å². The van der Waals surface area contributed by atoms with Crippen LogP contribution in [0.25, 0.3) is 0 Å². The molecule has 3 atom stereocenters. The number of hydrogen-bond donors (Lipinski definition) is 1. The van der Waals surface area contributed by atoms with Gasteiger partial charge < -0.3 is 10.2 Å². The lowest BCUT2D eigenvalue weighted by Crippen LogP contribution is -2.46.